The minimum Gasteiger partial charge on any atom is -0.492 e. The lowest BCUT2D eigenvalue weighted by molar-refractivity contribution is -0.122. The van der Waals surface area contributed by atoms with E-state index >= 15 is 0 Å². The Morgan fingerprint density at radius 3 is 2.53 bits per heavy atom. The van der Waals surface area contributed by atoms with Crippen LogP contribution in [0.4, 0.5) is 5.82 Å². The number of hydrogen-bond donors (Lipinski definition) is 1. The summed E-state index contributed by atoms with van der Waals surface area (Å²) in [6, 6.07) is 23.9. The molecule has 0 aliphatic carbocycles. The van der Waals surface area contributed by atoms with Crippen LogP contribution in [0.5, 0.6) is 5.75 Å². The Labute approximate surface area is 188 Å². The molecule has 162 valence electrons. The second kappa shape index (κ2) is 10.5. The van der Waals surface area contributed by atoms with Crippen molar-refractivity contribution < 1.29 is 9.53 Å². The van der Waals surface area contributed by atoms with Gasteiger partial charge in [0.25, 0.3) is 0 Å². The van der Waals surface area contributed by atoms with E-state index in [-0.39, 0.29) is 11.9 Å². The number of nitrogens with one attached hydrogen (secondary N) is 1. The predicted octanol–water partition coefficient (Wildman–Crippen LogP) is 4.17. The molecule has 1 aliphatic rings. The van der Waals surface area contributed by atoms with Gasteiger partial charge in [0, 0.05) is 30.9 Å². The molecule has 1 fully saturated rings. The molecule has 0 bridgehead atoms. The molecular formula is C26H26N4O2. The van der Waals surface area contributed by atoms with Gasteiger partial charge in [-0.3, -0.25) is 4.79 Å². The van der Waals surface area contributed by atoms with Crippen LogP contribution in [0.2, 0.25) is 0 Å². The molecule has 1 N–H and O–H groups in total. The van der Waals surface area contributed by atoms with Crippen LogP contribution in [-0.4, -0.2) is 36.6 Å². The Hall–Kier alpha value is -3.85. The van der Waals surface area contributed by atoms with Gasteiger partial charge >= 0.3 is 0 Å². The molecule has 0 spiro atoms. The molecular weight excluding hydrogens is 400 g/mol. The summed E-state index contributed by atoms with van der Waals surface area (Å²) in [6.07, 6.45) is 3.65. The molecule has 1 aliphatic heterocycles. The number of aromatic nitrogens is 1. The molecule has 1 aromatic heterocycles. The van der Waals surface area contributed by atoms with Gasteiger partial charge in [0.05, 0.1) is 18.6 Å². The van der Waals surface area contributed by atoms with Crippen LogP contribution in [0.3, 0.4) is 0 Å². The zero-order valence-electron chi connectivity index (χ0n) is 17.9. The van der Waals surface area contributed by atoms with Crippen LogP contribution in [0.25, 0.3) is 11.1 Å². The Kier molecular flexibility index (Phi) is 6.98. The zero-order valence-corrected chi connectivity index (χ0v) is 17.9. The molecule has 0 saturated carbocycles. The fraction of sp³-hybridized carbons (Fsp3) is 0.269. The highest BCUT2D eigenvalue weighted by molar-refractivity contribution is 5.76. The number of benzene rings is 2. The van der Waals surface area contributed by atoms with Gasteiger partial charge in [-0.1, -0.05) is 48.5 Å². The molecule has 4 rings (SSSR count). The lowest BCUT2D eigenvalue weighted by atomic mass is 10.0. The van der Waals surface area contributed by atoms with Crippen molar-refractivity contribution in [2.24, 2.45) is 0 Å². The van der Waals surface area contributed by atoms with E-state index in [1.54, 1.807) is 12.3 Å². The second-order valence-corrected chi connectivity index (χ2v) is 7.81. The molecule has 1 amide bonds. The van der Waals surface area contributed by atoms with Crippen molar-refractivity contribution in [2.45, 2.75) is 25.3 Å². The predicted molar refractivity (Wildman–Crippen MR) is 124 cm³/mol. The maximum Gasteiger partial charge on any atom is 0.223 e. The molecule has 2 heterocycles. The molecule has 0 radical (unpaired) electrons. The van der Waals surface area contributed by atoms with E-state index in [4.69, 9.17) is 10.00 Å². The lowest BCUT2D eigenvalue weighted by Crippen LogP contribution is -2.45. The first-order valence-electron chi connectivity index (χ1n) is 10.9. The maximum atomic E-state index is 12.4. The van der Waals surface area contributed by atoms with Gasteiger partial charge in [0.2, 0.25) is 5.91 Å². The summed E-state index contributed by atoms with van der Waals surface area (Å²) in [5.74, 6) is 1.67. The van der Waals surface area contributed by atoms with E-state index < -0.39 is 0 Å². The molecule has 6 heteroatoms. The number of hydrogen-bond acceptors (Lipinski definition) is 5. The number of nitrogens with zero attached hydrogens (tertiary/aromatic N) is 3. The number of pyridine rings is 1. The largest absolute Gasteiger partial charge is 0.492 e. The van der Waals surface area contributed by atoms with E-state index in [1.807, 2.05) is 48.5 Å². The quantitative estimate of drug-likeness (QED) is 0.613. The van der Waals surface area contributed by atoms with Crippen LogP contribution in [0.1, 0.15) is 24.8 Å². The van der Waals surface area contributed by atoms with Gasteiger partial charge in [0.15, 0.2) is 0 Å². The number of para-hydroxylation sites is 1. The molecule has 2 aromatic carbocycles. The lowest BCUT2D eigenvalue weighted by Gasteiger charge is -2.33. The van der Waals surface area contributed by atoms with Crippen LogP contribution >= 0.6 is 0 Å². The number of carbonyl (C=O) groups excluding carboxylic acids is 1. The Balaban J connectivity index is 1.22. The summed E-state index contributed by atoms with van der Waals surface area (Å²) in [6.45, 7) is 1.99. The van der Waals surface area contributed by atoms with Gasteiger partial charge in [-0.05, 0) is 36.6 Å². The zero-order chi connectivity index (χ0) is 22.2. The SMILES string of the molecule is N#Cc1ccc(N2CCC(NC(=O)CCOc3ccccc3-c3ccccc3)CC2)nc1. The van der Waals surface area contributed by atoms with Crippen molar-refractivity contribution >= 4 is 11.7 Å². The third kappa shape index (κ3) is 5.44. The van der Waals surface area contributed by atoms with E-state index in [9.17, 15) is 4.79 Å². The van der Waals surface area contributed by atoms with Crippen LogP contribution in [-0.2, 0) is 4.79 Å². The van der Waals surface area contributed by atoms with E-state index in [0.717, 1.165) is 48.6 Å². The van der Waals surface area contributed by atoms with E-state index in [0.29, 0.717) is 18.6 Å². The first-order chi connectivity index (χ1) is 15.7. The second-order valence-electron chi connectivity index (χ2n) is 7.81. The van der Waals surface area contributed by atoms with Crippen LogP contribution in [0.15, 0.2) is 72.9 Å². The van der Waals surface area contributed by atoms with Crippen molar-refractivity contribution in [1.29, 1.82) is 5.26 Å². The highest BCUT2D eigenvalue weighted by Crippen LogP contribution is 2.29. The van der Waals surface area contributed by atoms with Crippen molar-refractivity contribution in [3.63, 3.8) is 0 Å². The summed E-state index contributed by atoms with van der Waals surface area (Å²) in [7, 11) is 0. The van der Waals surface area contributed by atoms with Gasteiger partial charge in [-0.15, -0.1) is 0 Å². The fourth-order valence-corrected chi connectivity index (χ4v) is 3.89. The monoisotopic (exact) mass is 426 g/mol. The number of anilines is 1. The molecule has 1 saturated heterocycles. The minimum absolute atomic E-state index is 0.0112. The Bertz CT molecular complexity index is 1070. The summed E-state index contributed by atoms with van der Waals surface area (Å²) >= 11 is 0. The fourth-order valence-electron chi connectivity index (χ4n) is 3.89. The van der Waals surface area contributed by atoms with Gasteiger partial charge in [-0.2, -0.15) is 5.26 Å². The third-order valence-electron chi connectivity index (χ3n) is 5.62. The van der Waals surface area contributed by atoms with E-state index in [2.05, 4.69) is 33.4 Å². The number of amides is 1. The third-order valence-corrected chi connectivity index (χ3v) is 5.62. The molecule has 6 nitrogen and oxygen atoms in total. The number of rotatable bonds is 7. The molecule has 0 atom stereocenters. The first kappa shape index (κ1) is 21.4. The number of carbonyl (C=O) groups is 1. The van der Waals surface area contributed by atoms with Crippen molar-refractivity contribution in [2.75, 3.05) is 24.6 Å². The molecule has 32 heavy (non-hydrogen) atoms. The highest BCUT2D eigenvalue weighted by atomic mass is 16.5. The summed E-state index contributed by atoms with van der Waals surface area (Å²) < 4.78 is 5.94. The van der Waals surface area contributed by atoms with Gasteiger partial charge in [-0.25, -0.2) is 4.98 Å². The van der Waals surface area contributed by atoms with E-state index in [1.165, 1.54) is 0 Å². The maximum absolute atomic E-state index is 12.4. The van der Waals surface area contributed by atoms with Crippen molar-refractivity contribution in [1.82, 2.24) is 10.3 Å². The van der Waals surface area contributed by atoms with Crippen molar-refractivity contribution in [3.05, 3.63) is 78.5 Å². The number of ether oxygens (including phenoxy) is 1. The minimum atomic E-state index is 0.0112. The smallest absolute Gasteiger partial charge is 0.223 e. The molecule has 0 unspecified atom stereocenters. The van der Waals surface area contributed by atoms with Gasteiger partial charge in [0.1, 0.15) is 17.6 Å². The van der Waals surface area contributed by atoms with Crippen molar-refractivity contribution in [3.8, 4) is 22.9 Å². The average Bonchev–Trinajstić information content (AvgIpc) is 2.85. The summed E-state index contributed by atoms with van der Waals surface area (Å²) in [5, 5.41) is 12.0. The Morgan fingerprint density at radius 2 is 1.81 bits per heavy atom. The van der Waals surface area contributed by atoms with Crippen LogP contribution < -0.4 is 15.0 Å². The highest BCUT2D eigenvalue weighted by Gasteiger charge is 2.21. The molecule has 3 aromatic rings. The first-order valence-corrected chi connectivity index (χ1v) is 10.9. The Morgan fingerprint density at radius 1 is 1.06 bits per heavy atom. The summed E-state index contributed by atoms with van der Waals surface area (Å²) in [4.78, 5) is 19.0. The standard InChI is InChI=1S/C26H26N4O2/c27-18-20-10-11-25(28-19-20)30-15-12-22(13-16-30)29-26(31)14-17-32-24-9-5-4-8-23(24)21-6-2-1-3-7-21/h1-11,19,22H,12-17H2,(H,29,31). The topological polar surface area (TPSA) is 78.2 Å². The van der Waals surface area contributed by atoms with Crippen LogP contribution in [0, 0.1) is 11.3 Å². The van der Waals surface area contributed by atoms with Gasteiger partial charge < -0.3 is 15.0 Å². The normalized spacial score (nSPS) is 13.9. The number of nitriles is 1. The average molecular weight is 427 g/mol. The number of piperidine rings is 1. The summed E-state index contributed by atoms with van der Waals surface area (Å²) in [5.41, 5.74) is 2.68.